The molecule has 10 nitrogen and oxygen atoms in total. The molecule has 3 fully saturated rings. The highest BCUT2D eigenvalue weighted by atomic mass is 16.5. The molecular weight excluding hydrogens is 637 g/mol. The molecule has 0 aromatic carbocycles. The standard InChI is InChI=1S/C41H66N8O2/c1-8-15-44-36(42)29(2)31-12-11-18-48(37(31)43)35-14-13-32(34(22-50)46-35)33-21-45-49(30(33)3)28-40-23-38(4,5)25-41(27-40,26-39(6,7)24-40)51-20-19-47-16-9-10-17-47/h13-14,21,44,50H,8-12,15-20,22-28,42-43H2,1-7H3/b36-29+. The number of aliphatic hydroxyl groups excluding tert-OH is 1. The minimum Gasteiger partial charge on any atom is -0.390 e. The number of pyridine rings is 1. The van der Waals surface area contributed by atoms with Crippen molar-refractivity contribution in [2.45, 2.75) is 131 Å². The van der Waals surface area contributed by atoms with E-state index in [9.17, 15) is 5.11 Å². The number of anilines is 1. The van der Waals surface area contributed by atoms with Gasteiger partial charge in [-0.05, 0) is 131 Å². The van der Waals surface area contributed by atoms with Gasteiger partial charge in [0.25, 0.3) is 0 Å². The molecule has 4 aliphatic rings. The fourth-order valence-electron chi connectivity index (χ4n) is 10.9. The van der Waals surface area contributed by atoms with E-state index >= 15 is 0 Å². The Kier molecular flexibility index (Phi) is 10.9. The van der Waals surface area contributed by atoms with Crippen LogP contribution in [0.25, 0.3) is 11.1 Å². The smallest absolute Gasteiger partial charge is 0.134 e. The molecule has 2 bridgehead atoms. The van der Waals surface area contributed by atoms with E-state index < -0.39 is 0 Å². The van der Waals surface area contributed by atoms with Gasteiger partial charge in [-0.3, -0.25) is 4.68 Å². The van der Waals surface area contributed by atoms with E-state index in [-0.39, 0.29) is 28.5 Å². The fourth-order valence-corrected chi connectivity index (χ4v) is 10.9. The number of fused-ring (bicyclic) bond motifs is 2. The van der Waals surface area contributed by atoms with Crippen LogP contribution in [0, 0.1) is 23.2 Å². The number of likely N-dealkylation sites (tertiary alicyclic amines) is 1. The van der Waals surface area contributed by atoms with Crippen molar-refractivity contribution in [3.8, 4) is 11.1 Å². The van der Waals surface area contributed by atoms with E-state index in [0.29, 0.717) is 17.3 Å². The summed E-state index contributed by atoms with van der Waals surface area (Å²) in [5.41, 5.74) is 19.2. The summed E-state index contributed by atoms with van der Waals surface area (Å²) < 4.78 is 9.28. The number of aromatic nitrogens is 3. The number of aliphatic hydroxyl groups is 1. The van der Waals surface area contributed by atoms with Crippen molar-refractivity contribution < 1.29 is 9.84 Å². The van der Waals surface area contributed by atoms with Crippen LogP contribution in [0.4, 0.5) is 5.82 Å². The number of nitrogens with zero attached hydrogens (tertiary/aromatic N) is 5. The second-order valence-electron chi connectivity index (χ2n) is 18.0. The number of hydrogen-bond donors (Lipinski definition) is 4. The highest BCUT2D eigenvalue weighted by Gasteiger charge is 2.58. The monoisotopic (exact) mass is 703 g/mol. The summed E-state index contributed by atoms with van der Waals surface area (Å²) in [7, 11) is 0. The molecule has 4 heterocycles. The second-order valence-corrected chi connectivity index (χ2v) is 18.0. The maximum atomic E-state index is 10.6. The Morgan fingerprint density at radius 2 is 1.69 bits per heavy atom. The lowest BCUT2D eigenvalue weighted by Gasteiger charge is -2.61. The fraction of sp³-hybridized carbons (Fsp3) is 0.707. The molecule has 2 aromatic rings. The third-order valence-electron chi connectivity index (χ3n) is 12.1. The molecule has 6 rings (SSSR count). The summed E-state index contributed by atoms with van der Waals surface area (Å²) in [6.45, 7) is 22.7. The van der Waals surface area contributed by atoms with Gasteiger partial charge in [0.15, 0.2) is 0 Å². The zero-order valence-electron chi connectivity index (χ0n) is 32.7. The molecular formula is C41H66N8O2. The van der Waals surface area contributed by atoms with Crippen molar-refractivity contribution in [2.75, 3.05) is 44.2 Å². The van der Waals surface area contributed by atoms with E-state index in [1.807, 2.05) is 19.2 Å². The molecule has 0 atom stereocenters. The third-order valence-corrected chi connectivity index (χ3v) is 12.1. The Bertz CT molecular complexity index is 1590. The Morgan fingerprint density at radius 1 is 0.980 bits per heavy atom. The van der Waals surface area contributed by atoms with Gasteiger partial charge in [0.2, 0.25) is 0 Å². The number of allylic oxidation sites excluding steroid dienone is 2. The minimum absolute atomic E-state index is 0.0883. The Balaban J connectivity index is 1.25. The normalized spacial score (nSPS) is 26.8. The number of rotatable bonds is 13. The molecule has 0 radical (unpaired) electrons. The van der Waals surface area contributed by atoms with Crippen LogP contribution in [0.1, 0.15) is 117 Å². The van der Waals surface area contributed by atoms with Gasteiger partial charge in [0.1, 0.15) is 11.6 Å². The summed E-state index contributed by atoms with van der Waals surface area (Å²) in [4.78, 5) is 9.62. The number of nitrogens with two attached hydrogens (primary N) is 2. The van der Waals surface area contributed by atoms with E-state index in [4.69, 9.17) is 26.3 Å². The molecule has 10 heteroatoms. The lowest BCUT2D eigenvalue weighted by atomic mass is 9.48. The van der Waals surface area contributed by atoms with Crippen molar-refractivity contribution in [3.05, 3.63) is 52.5 Å². The molecule has 0 unspecified atom stereocenters. The highest BCUT2D eigenvalue weighted by Crippen LogP contribution is 2.63. The topological polar surface area (TPSA) is 131 Å². The van der Waals surface area contributed by atoms with Gasteiger partial charge in [-0.2, -0.15) is 5.10 Å². The molecule has 2 saturated carbocycles. The Hall–Kier alpha value is -3.08. The maximum absolute atomic E-state index is 10.6. The first-order valence-corrected chi connectivity index (χ1v) is 19.6. The van der Waals surface area contributed by atoms with Crippen LogP contribution >= 0.6 is 0 Å². The second kappa shape index (κ2) is 14.7. The molecule has 0 spiro atoms. The predicted molar refractivity (Wildman–Crippen MR) is 207 cm³/mol. The molecule has 2 aliphatic carbocycles. The zero-order chi connectivity index (χ0) is 36.6. The van der Waals surface area contributed by atoms with Crippen LogP contribution in [0.15, 0.2) is 41.1 Å². The van der Waals surface area contributed by atoms with E-state index in [0.717, 1.165) is 118 Å². The van der Waals surface area contributed by atoms with E-state index in [1.165, 1.54) is 25.9 Å². The van der Waals surface area contributed by atoms with Crippen LogP contribution in [0.3, 0.4) is 0 Å². The van der Waals surface area contributed by atoms with Gasteiger partial charge in [0.05, 0.1) is 36.5 Å². The lowest BCUT2D eigenvalue weighted by molar-refractivity contribution is -0.197. The lowest BCUT2D eigenvalue weighted by Crippen LogP contribution is -2.58. The molecule has 6 N–H and O–H groups in total. The summed E-state index contributed by atoms with van der Waals surface area (Å²) in [6, 6.07) is 4.10. The average Bonchev–Trinajstić information content (AvgIpc) is 3.70. The third kappa shape index (κ3) is 8.13. The summed E-state index contributed by atoms with van der Waals surface area (Å²) in [5, 5.41) is 19.0. The highest BCUT2D eigenvalue weighted by molar-refractivity contribution is 5.69. The first-order valence-electron chi connectivity index (χ1n) is 19.6. The molecule has 2 aromatic heterocycles. The zero-order valence-corrected chi connectivity index (χ0v) is 32.7. The van der Waals surface area contributed by atoms with E-state index in [2.05, 4.69) is 67.4 Å². The van der Waals surface area contributed by atoms with Crippen LogP contribution in [0.5, 0.6) is 0 Å². The first-order chi connectivity index (χ1) is 24.2. The largest absolute Gasteiger partial charge is 0.390 e. The minimum atomic E-state index is -0.172. The average molecular weight is 703 g/mol. The van der Waals surface area contributed by atoms with Crippen LogP contribution < -0.4 is 21.7 Å². The van der Waals surface area contributed by atoms with Crippen LogP contribution in [-0.4, -0.2) is 69.7 Å². The molecule has 51 heavy (non-hydrogen) atoms. The van der Waals surface area contributed by atoms with Crippen molar-refractivity contribution in [3.63, 3.8) is 0 Å². The summed E-state index contributed by atoms with van der Waals surface area (Å²) in [6.07, 6.45) is 13.0. The number of nitrogens with one attached hydrogen (secondary N) is 1. The van der Waals surface area contributed by atoms with Crippen molar-refractivity contribution in [2.24, 2.45) is 27.7 Å². The van der Waals surface area contributed by atoms with Gasteiger partial charge in [-0.1, -0.05) is 34.6 Å². The van der Waals surface area contributed by atoms with Crippen LogP contribution in [0.2, 0.25) is 0 Å². The van der Waals surface area contributed by atoms with Crippen LogP contribution in [-0.2, 0) is 17.9 Å². The SMILES string of the molecule is CCCN/C(N)=C(\C)C1=C(N)N(c2ccc(-c3cnn(CC45CC(C)(C)CC(OCCN6CCCC6)(CC(C)(C)C4)C5)c3C)c(CO)n2)CCC1. The predicted octanol–water partition coefficient (Wildman–Crippen LogP) is 6.57. The molecule has 0 amide bonds. The summed E-state index contributed by atoms with van der Waals surface area (Å²) in [5.74, 6) is 2.09. The molecule has 1 saturated heterocycles. The van der Waals surface area contributed by atoms with Crippen molar-refractivity contribution in [1.29, 1.82) is 0 Å². The van der Waals surface area contributed by atoms with Gasteiger partial charge in [-0.25, -0.2) is 4.98 Å². The Morgan fingerprint density at radius 3 is 2.35 bits per heavy atom. The number of ether oxygens (including phenoxy) is 1. The van der Waals surface area contributed by atoms with Gasteiger partial charge >= 0.3 is 0 Å². The number of hydrogen-bond acceptors (Lipinski definition) is 9. The van der Waals surface area contributed by atoms with E-state index in [1.54, 1.807) is 0 Å². The first kappa shape index (κ1) is 37.7. The maximum Gasteiger partial charge on any atom is 0.134 e. The van der Waals surface area contributed by atoms with Gasteiger partial charge < -0.3 is 36.4 Å². The van der Waals surface area contributed by atoms with Gasteiger partial charge in [0, 0.05) is 43.0 Å². The Labute approximate surface area is 307 Å². The molecule has 282 valence electrons. The van der Waals surface area contributed by atoms with Crippen molar-refractivity contribution >= 4 is 5.82 Å². The quantitative estimate of drug-likeness (QED) is 0.183. The van der Waals surface area contributed by atoms with Crippen molar-refractivity contribution in [1.82, 2.24) is 25.0 Å². The molecule has 2 aliphatic heterocycles. The summed E-state index contributed by atoms with van der Waals surface area (Å²) >= 11 is 0. The van der Waals surface area contributed by atoms with Gasteiger partial charge in [-0.15, -0.1) is 0 Å².